The molecule has 1 aromatic heterocycles. The second-order valence-electron chi connectivity index (χ2n) is 4.73. The standard InChI is InChI=1S/C15H19N3O2/c1-4-11-9-14(19)18-15(16-11)17-12-7-5-6-8-13(12)20-10(2)3/h5-10H,4H2,1-3H3,(H2,16,17,18,19). The van der Waals surface area contributed by atoms with Gasteiger partial charge in [0.05, 0.1) is 11.8 Å². The van der Waals surface area contributed by atoms with Crippen molar-refractivity contribution in [3.8, 4) is 5.75 Å². The van der Waals surface area contributed by atoms with Crippen molar-refractivity contribution in [3.05, 3.63) is 46.4 Å². The van der Waals surface area contributed by atoms with Crippen LogP contribution in [-0.4, -0.2) is 16.1 Å². The van der Waals surface area contributed by atoms with Gasteiger partial charge >= 0.3 is 0 Å². The molecular formula is C15H19N3O2. The lowest BCUT2D eigenvalue weighted by molar-refractivity contribution is 0.244. The van der Waals surface area contributed by atoms with Crippen molar-refractivity contribution in [2.24, 2.45) is 0 Å². The summed E-state index contributed by atoms with van der Waals surface area (Å²) in [6.45, 7) is 5.89. The molecular weight excluding hydrogens is 254 g/mol. The summed E-state index contributed by atoms with van der Waals surface area (Å²) in [5.74, 6) is 1.15. The number of hydrogen-bond donors (Lipinski definition) is 2. The Morgan fingerprint density at radius 1 is 1.35 bits per heavy atom. The molecule has 2 aromatic rings. The molecule has 0 amide bonds. The smallest absolute Gasteiger partial charge is 0.252 e. The third kappa shape index (κ3) is 3.60. The highest BCUT2D eigenvalue weighted by Crippen LogP contribution is 2.26. The third-order valence-corrected chi connectivity index (χ3v) is 2.66. The predicted molar refractivity (Wildman–Crippen MR) is 79.7 cm³/mol. The number of anilines is 2. The van der Waals surface area contributed by atoms with E-state index in [1.807, 2.05) is 45.0 Å². The van der Waals surface area contributed by atoms with Crippen molar-refractivity contribution in [1.82, 2.24) is 9.97 Å². The van der Waals surface area contributed by atoms with Gasteiger partial charge in [0.25, 0.3) is 5.56 Å². The van der Waals surface area contributed by atoms with Crippen LogP contribution in [0.2, 0.25) is 0 Å². The minimum atomic E-state index is -0.165. The number of para-hydroxylation sites is 2. The number of benzene rings is 1. The molecule has 0 aliphatic rings. The SMILES string of the molecule is CCc1cc(=O)[nH]c(Nc2ccccc2OC(C)C)n1. The molecule has 2 N–H and O–H groups in total. The van der Waals surface area contributed by atoms with Gasteiger partial charge in [0.2, 0.25) is 5.95 Å². The first-order valence-electron chi connectivity index (χ1n) is 6.71. The number of aryl methyl sites for hydroxylation is 1. The third-order valence-electron chi connectivity index (χ3n) is 2.66. The van der Waals surface area contributed by atoms with Gasteiger partial charge in [-0.1, -0.05) is 19.1 Å². The summed E-state index contributed by atoms with van der Waals surface area (Å²) in [4.78, 5) is 18.6. The second-order valence-corrected chi connectivity index (χ2v) is 4.73. The van der Waals surface area contributed by atoms with Crippen LogP contribution in [-0.2, 0) is 6.42 Å². The highest BCUT2D eigenvalue weighted by Gasteiger charge is 2.07. The molecule has 0 bridgehead atoms. The number of H-pyrrole nitrogens is 1. The molecule has 0 saturated carbocycles. The lowest BCUT2D eigenvalue weighted by Crippen LogP contribution is -2.13. The van der Waals surface area contributed by atoms with Crippen LogP contribution in [0.15, 0.2) is 35.1 Å². The Morgan fingerprint density at radius 3 is 2.80 bits per heavy atom. The number of hydrogen-bond acceptors (Lipinski definition) is 4. The monoisotopic (exact) mass is 273 g/mol. The summed E-state index contributed by atoms with van der Waals surface area (Å²) in [6.07, 6.45) is 0.787. The first kappa shape index (κ1) is 14.1. The number of rotatable bonds is 5. The van der Waals surface area contributed by atoms with Gasteiger partial charge in [-0.3, -0.25) is 9.78 Å². The fourth-order valence-corrected chi connectivity index (χ4v) is 1.80. The summed E-state index contributed by atoms with van der Waals surface area (Å²) >= 11 is 0. The highest BCUT2D eigenvalue weighted by molar-refractivity contribution is 5.62. The maximum Gasteiger partial charge on any atom is 0.252 e. The van der Waals surface area contributed by atoms with E-state index in [0.717, 1.165) is 17.1 Å². The van der Waals surface area contributed by atoms with Gasteiger partial charge in [-0.05, 0) is 32.4 Å². The Kier molecular flexibility index (Phi) is 4.40. The Hall–Kier alpha value is -2.30. The van der Waals surface area contributed by atoms with Gasteiger partial charge in [0.15, 0.2) is 0 Å². The van der Waals surface area contributed by atoms with Crippen LogP contribution < -0.4 is 15.6 Å². The normalized spacial score (nSPS) is 10.6. The first-order valence-corrected chi connectivity index (χ1v) is 6.71. The van der Waals surface area contributed by atoms with Crippen LogP contribution >= 0.6 is 0 Å². The minimum absolute atomic E-state index is 0.0759. The topological polar surface area (TPSA) is 67.0 Å². The first-order chi connectivity index (χ1) is 9.58. The van der Waals surface area contributed by atoms with E-state index in [-0.39, 0.29) is 11.7 Å². The fraction of sp³-hybridized carbons (Fsp3) is 0.333. The second kappa shape index (κ2) is 6.23. The Balaban J connectivity index is 2.30. The molecule has 106 valence electrons. The maximum atomic E-state index is 11.6. The van der Waals surface area contributed by atoms with Gasteiger partial charge in [-0.25, -0.2) is 4.98 Å². The van der Waals surface area contributed by atoms with Crippen molar-refractivity contribution >= 4 is 11.6 Å². The summed E-state index contributed by atoms with van der Waals surface area (Å²) in [5, 5.41) is 3.10. The number of aromatic nitrogens is 2. The highest BCUT2D eigenvalue weighted by atomic mass is 16.5. The Labute approximate surface area is 118 Å². The molecule has 5 heteroatoms. The molecule has 1 heterocycles. The predicted octanol–water partition coefficient (Wildman–Crippen LogP) is 2.86. The Bertz CT molecular complexity index is 635. The van der Waals surface area contributed by atoms with Gasteiger partial charge in [0.1, 0.15) is 5.75 Å². The number of aromatic amines is 1. The quantitative estimate of drug-likeness (QED) is 0.879. The molecule has 0 radical (unpaired) electrons. The van der Waals surface area contributed by atoms with Crippen LogP contribution in [0.1, 0.15) is 26.5 Å². The molecule has 5 nitrogen and oxygen atoms in total. The van der Waals surface area contributed by atoms with E-state index in [9.17, 15) is 4.79 Å². The molecule has 0 unspecified atom stereocenters. The van der Waals surface area contributed by atoms with Gasteiger partial charge in [-0.15, -0.1) is 0 Å². The zero-order valence-electron chi connectivity index (χ0n) is 11.9. The van der Waals surface area contributed by atoms with Crippen LogP contribution in [0.5, 0.6) is 5.75 Å². The molecule has 20 heavy (non-hydrogen) atoms. The zero-order valence-corrected chi connectivity index (χ0v) is 11.9. The number of nitrogens with one attached hydrogen (secondary N) is 2. The van der Waals surface area contributed by atoms with E-state index in [1.165, 1.54) is 6.07 Å². The van der Waals surface area contributed by atoms with Crippen molar-refractivity contribution in [1.29, 1.82) is 0 Å². The van der Waals surface area contributed by atoms with Crippen LogP contribution in [0, 0.1) is 0 Å². The molecule has 1 aromatic carbocycles. The lowest BCUT2D eigenvalue weighted by Gasteiger charge is -2.15. The molecule has 0 atom stereocenters. The minimum Gasteiger partial charge on any atom is -0.489 e. The van der Waals surface area contributed by atoms with Gasteiger partial charge < -0.3 is 10.1 Å². The molecule has 2 rings (SSSR count). The fourth-order valence-electron chi connectivity index (χ4n) is 1.80. The average molecular weight is 273 g/mol. The summed E-state index contributed by atoms with van der Waals surface area (Å²) < 4.78 is 5.72. The van der Waals surface area contributed by atoms with E-state index in [1.54, 1.807) is 0 Å². The summed E-state index contributed by atoms with van der Waals surface area (Å²) in [7, 11) is 0. The van der Waals surface area contributed by atoms with Crippen LogP contribution in [0.3, 0.4) is 0 Å². The molecule has 0 saturated heterocycles. The zero-order chi connectivity index (χ0) is 14.5. The van der Waals surface area contributed by atoms with Gasteiger partial charge in [-0.2, -0.15) is 0 Å². The molecule has 0 spiro atoms. The van der Waals surface area contributed by atoms with Crippen molar-refractivity contribution in [2.75, 3.05) is 5.32 Å². The molecule has 0 aliphatic carbocycles. The number of ether oxygens (including phenoxy) is 1. The lowest BCUT2D eigenvalue weighted by atomic mass is 10.3. The van der Waals surface area contributed by atoms with E-state index >= 15 is 0 Å². The van der Waals surface area contributed by atoms with Crippen LogP contribution in [0.25, 0.3) is 0 Å². The van der Waals surface area contributed by atoms with Crippen molar-refractivity contribution < 1.29 is 4.74 Å². The van der Waals surface area contributed by atoms with E-state index < -0.39 is 0 Å². The molecule has 0 aliphatic heterocycles. The van der Waals surface area contributed by atoms with E-state index in [2.05, 4.69) is 15.3 Å². The largest absolute Gasteiger partial charge is 0.489 e. The average Bonchev–Trinajstić information content (AvgIpc) is 2.39. The van der Waals surface area contributed by atoms with Gasteiger partial charge in [0, 0.05) is 11.8 Å². The number of nitrogens with zero attached hydrogens (tertiary/aromatic N) is 1. The van der Waals surface area contributed by atoms with E-state index in [0.29, 0.717) is 12.4 Å². The summed E-state index contributed by atoms with van der Waals surface area (Å²) in [6, 6.07) is 9.07. The molecule has 0 fully saturated rings. The Morgan fingerprint density at radius 2 is 2.10 bits per heavy atom. The van der Waals surface area contributed by atoms with Crippen molar-refractivity contribution in [3.63, 3.8) is 0 Å². The summed E-state index contributed by atoms with van der Waals surface area (Å²) in [5.41, 5.74) is 1.36. The van der Waals surface area contributed by atoms with Crippen molar-refractivity contribution in [2.45, 2.75) is 33.3 Å². The maximum absolute atomic E-state index is 11.6. The van der Waals surface area contributed by atoms with Crippen LogP contribution in [0.4, 0.5) is 11.6 Å². The van der Waals surface area contributed by atoms with E-state index in [4.69, 9.17) is 4.74 Å².